The van der Waals surface area contributed by atoms with E-state index in [2.05, 4.69) is 29.7 Å². The van der Waals surface area contributed by atoms with E-state index < -0.39 is 0 Å². The quantitative estimate of drug-likeness (QED) is 0.817. The summed E-state index contributed by atoms with van der Waals surface area (Å²) in [5, 5.41) is 0. The molecule has 0 aromatic carbocycles. The summed E-state index contributed by atoms with van der Waals surface area (Å²) in [4.78, 5) is 23.9. The molecule has 3 aliphatic heterocycles. The van der Waals surface area contributed by atoms with Crippen LogP contribution in [-0.4, -0.2) is 67.8 Å². The van der Waals surface area contributed by atoms with Crippen molar-refractivity contribution in [3.05, 3.63) is 17.8 Å². The van der Waals surface area contributed by atoms with E-state index in [1.54, 1.807) is 4.90 Å². The summed E-state index contributed by atoms with van der Waals surface area (Å²) in [6.45, 7) is 8.50. The average molecular weight is 316 g/mol. The number of ether oxygens (including phenoxy) is 1. The second-order valence-corrected chi connectivity index (χ2v) is 7.04. The molecule has 1 unspecified atom stereocenters. The number of hydrogen-bond acceptors (Lipinski definition) is 5. The van der Waals surface area contributed by atoms with Gasteiger partial charge in [-0.2, -0.15) is 0 Å². The van der Waals surface area contributed by atoms with Gasteiger partial charge >= 0.3 is 0 Å². The number of carbonyl (C=O) groups excluding carboxylic acids is 1. The van der Waals surface area contributed by atoms with Crippen molar-refractivity contribution in [3.63, 3.8) is 0 Å². The highest BCUT2D eigenvalue weighted by Gasteiger charge is 2.41. The molecule has 3 aliphatic rings. The van der Waals surface area contributed by atoms with Crippen LogP contribution < -0.4 is 9.80 Å². The van der Waals surface area contributed by atoms with Gasteiger partial charge in [0, 0.05) is 44.8 Å². The summed E-state index contributed by atoms with van der Waals surface area (Å²) in [7, 11) is 1.87. The van der Waals surface area contributed by atoms with Gasteiger partial charge in [0.05, 0.1) is 18.9 Å². The first-order valence-electron chi connectivity index (χ1n) is 8.42. The van der Waals surface area contributed by atoms with E-state index >= 15 is 0 Å². The van der Waals surface area contributed by atoms with Gasteiger partial charge in [-0.05, 0) is 25.5 Å². The average Bonchev–Trinajstić information content (AvgIpc) is 2.50. The first kappa shape index (κ1) is 14.9. The van der Waals surface area contributed by atoms with Gasteiger partial charge in [-0.3, -0.25) is 9.69 Å². The van der Waals surface area contributed by atoms with Crippen LogP contribution in [-0.2, 0) is 9.53 Å². The number of rotatable bonds is 2. The Balaban J connectivity index is 1.67. The number of pyridine rings is 1. The fourth-order valence-electron chi connectivity index (χ4n) is 3.66. The number of amides is 1. The van der Waals surface area contributed by atoms with Crippen molar-refractivity contribution in [1.29, 1.82) is 0 Å². The number of piperazine rings is 1. The molecule has 6 nitrogen and oxygen atoms in total. The molecule has 0 radical (unpaired) electrons. The van der Waals surface area contributed by atoms with Gasteiger partial charge in [-0.1, -0.05) is 0 Å². The number of carbonyl (C=O) groups is 1. The number of hydrogen-bond donors (Lipinski definition) is 0. The predicted octanol–water partition coefficient (Wildman–Crippen LogP) is 1.07. The Bertz CT molecular complexity index is 629. The lowest BCUT2D eigenvalue weighted by atomic mass is 9.97. The lowest BCUT2D eigenvalue weighted by Crippen LogP contribution is -2.63. The van der Waals surface area contributed by atoms with Crippen LogP contribution in [0.3, 0.4) is 0 Å². The van der Waals surface area contributed by atoms with Crippen LogP contribution in [0.4, 0.5) is 11.5 Å². The fourth-order valence-corrected chi connectivity index (χ4v) is 3.66. The minimum absolute atomic E-state index is 0.117. The number of fused-ring (bicyclic) bond motifs is 3. The van der Waals surface area contributed by atoms with E-state index in [1.807, 2.05) is 13.2 Å². The van der Waals surface area contributed by atoms with Gasteiger partial charge in [0.25, 0.3) is 5.91 Å². The Morgan fingerprint density at radius 2 is 2.09 bits per heavy atom. The van der Waals surface area contributed by atoms with Crippen LogP contribution in [0.2, 0.25) is 0 Å². The van der Waals surface area contributed by atoms with Crippen LogP contribution in [0.15, 0.2) is 12.3 Å². The molecule has 124 valence electrons. The van der Waals surface area contributed by atoms with Crippen LogP contribution in [0, 0.1) is 0 Å². The molecule has 1 aromatic heterocycles. The third kappa shape index (κ3) is 2.32. The minimum Gasteiger partial charge on any atom is -0.380 e. The maximum atomic E-state index is 12.9. The van der Waals surface area contributed by atoms with E-state index in [1.165, 1.54) is 5.56 Å². The minimum atomic E-state index is -0.117. The molecule has 1 amide bonds. The van der Waals surface area contributed by atoms with Gasteiger partial charge in [0.1, 0.15) is 6.04 Å². The summed E-state index contributed by atoms with van der Waals surface area (Å²) in [5.41, 5.74) is 2.11. The molecular weight excluding hydrogens is 292 g/mol. The Kier molecular flexibility index (Phi) is 3.54. The SMILES string of the molecule is CC(C)N1CCN2c3ncc(C4COC4)cc3N(C)C(=O)C2C1. The maximum absolute atomic E-state index is 12.9. The molecule has 4 heterocycles. The normalized spacial score (nSPS) is 25.4. The summed E-state index contributed by atoms with van der Waals surface area (Å²) < 4.78 is 5.28. The third-order valence-corrected chi connectivity index (χ3v) is 5.37. The molecule has 0 aliphatic carbocycles. The zero-order valence-corrected chi connectivity index (χ0v) is 14.0. The van der Waals surface area contributed by atoms with E-state index in [-0.39, 0.29) is 11.9 Å². The molecule has 6 heteroatoms. The van der Waals surface area contributed by atoms with E-state index in [4.69, 9.17) is 9.72 Å². The molecule has 1 atom stereocenters. The van der Waals surface area contributed by atoms with Gasteiger partial charge in [-0.15, -0.1) is 0 Å². The number of aromatic nitrogens is 1. The first-order valence-corrected chi connectivity index (χ1v) is 8.42. The summed E-state index contributed by atoms with van der Waals surface area (Å²) in [6, 6.07) is 2.47. The predicted molar refractivity (Wildman–Crippen MR) is 89.1 cm³/mol. The smallest absolute Gasteiger partial charge is 0.250 e. The van der Waals surface area contributed by atoms with E-state index in [9.17, 15) is 4.79 Å². The standard InChI is InChI=1S/C17H24N4O2/c1-11(2)20-4-5-21-15(8-20)17(22)19(3)14-6-12(7-18-16(14)21)13-9-23-10-13/h6-7,11,13,15H,4-5,8-10H2,1-3H3. The Morgan fingerprint density at radius 1 is 1.30 bits per heavy atom. The fraction of sp³-hybridized carbons (Fsp3) is 0.647. The van der Waals surface area contributed by atoms with Crippen molar-refractivity contribution < 1.29 is 9.53 Å². The Labute approximate surface area is 137 Å². The summed E-state index contributed by atoms with van der Waals surface area (Å²) in [5.74, 6) is 1.54. The van der Waals surface area contributed by atoms with E-state index in [0.717, 1.165) is 44.4 Å². The molecule has 2 saturated heterocycles. The molecule has 0 N–H and O–H groups in total. The zero-order valence-electron chi connectivity index (χ0n) is 14.0. The second-order valence-electron chi connectivity index (χ2n) is 7.04. The van der Waals surface area contributed by atoms with Crippen molar-refractivity contribution in [2.45, 2.75) is 31.8 Å². The van der Waals surface area contributed by atoms with Crippen LogP contribution in [0.1, 0.15) is 25.3 Å². The van der Waals surface area contributed by atoms with Crippen LogP contribution in [0.25, 0.3) is 0 Å². The molecule has 1 aromatic rings. The summed E-state index contributed by atoms with van der Waals surface area (Å²) >= 11 is 0. The summed E-state index contributed by atoms with van der Waals surface area (Å²) in [6.07, 6.45) is 1.96. The molecule has 0 bridgehead atoms. The van der Waals surface area contributed by atoms with Crippen molar-refractivity contribution in [2.75, 3.05) is 49.7 Å². The molecule has 0 saturated carbocycles. The van der Waals surface area contributed by atoms with E-state index in [0.29, 0.717) is 12.0 Å². The largest absolute Gasteiger partial charge is 0.380 e. The van der Waals surface area contributed by atoms with Gasteiger partial charge in [-0.25, -0.2) is 4.98 Å². The highest BCUT2D eigenvalue weighted by molar-refractivity contribution is 6.04. The van der Waals surface area contributed by atoms with Gasteiger partial charge < -0.3 is 14.5 Å². The number of nitrogens with zero attached hydrogens (tertiary/aromatic N) is 4. The molecule has 23 heavy (non-hydrogen) atoms. The molecular formula is C17H24N4O2. The maximum Gasteiger partial charge on any atom is 0.250 e. The van der Waals surface area contributed by atoms with Crippen molar-refractivity contribution in [1.82, 2.24) is 9.88 Å². The molecule has 2 fully saturated rings. The lowest BCUT2D eigenvalue weighted by molar-refractivity contribution is -0.121. The van der Waals surface area contributed by atoms with Gasteiger partial charge in [0.2, 0.25) is 0 Å². The number of anilines is 2. The third-order valence-electron chi connectivity index (χ3n) is 5.37. The van der Waals surface area contributed by atoms with Gasteiger partial charge in [0.15, 0.2) is 5.82 Å². The van der Waals surface area contributed by atoms with Crippen molar-refractivity contribution in [3.8, 4) is 0 Å². The topological polar surface area (TPSA) is 48.9 Å². The molecule has 0 spiro atoms. The lowest BCUT2D eigenvalue weighted by Gasteiger charge is -2.47. The van der Waals surface area contributed by atoms with Crippen molar-refractivity contribution in [2.24, 2.45) is 0 Å². The Hall–Kier alpha value is -1.66. The second kappa shape index (κ2) is 5.46. The highest BCUT2D eigenvalue weighted by Crippen LogP contribution is 2.37. The number of likely N-dealkylation sites (N-methyl/N-ethyl adjacent to an activating group) is 1. The Morgan fingerprint density at radius 3 is 2.74 bits per heavy atom. The first-order chi connectivity index (χ1) is 11.1. The highest BCUT2D eigenvalue weighted by atomic mass is 16.5. The molecule has 4 rings (SSSR count). The van der Waals surface area contributed by atoms with Crippen LogP contribution in [0.5, 0.6) is 0 Å². The zero-order chi connectivity index (χ0) is 16.1. The monoisotopic (exact) mass is 316 g/mol. The van der Waals surface area contributed by atoms with Crippen molar-refractivity contribution >= 4 is 17.4 Å². The van der Waals surface area contributed by atoms with Crippen LogP contribution >= 0.6 is 0 Å².